The number of aryl methyl sites for hydroxylation is 1. The summed E-state index contributed by atoms with van der Waals surface area (Å²) in [7, 11) is 0. The molecule has 0 saturated carbocycles. The summed E-state index contributed by atoms with van der Waals surface area (Å²) >= 11 is 1.38. The molecule has 2 saturated heterocycles. The SMILES string of the molecule is CC(=O)NCC1CN(c2ccc(N3CCN(c4nc(C)ns4)CC3)c(F)c2)C(=O)O1. The van der Waals surface area contributed by atoms with Crippen molar-refractivity contribution in [1.82, 2.24) is 14.7 Å². The molecular formula is C19H23FN6O3S. The molecule has 0 radical (unpaired) electrons. The molecule has 1 aromatic heterocycles. The summed E-state index contributed by atoms with van der Waals surface area (Å²) < 4.78 is 24.3. The molecule has 1 aromatic carbocycles. The Balaban J connectivity index is 1.39. The topological polar surface area (TPSA) is 90.9 Å². The minimum Gasteiger partial charge on any atom is -0.442 e. The van der Waals surface area contributed by atoms with Gasteiger partial charge in [-0.2, -0.15) is 4.37 Å². The molecule has 11 heteroatoms. The Hall–Kier alpha value is -2.95. The molecule has 4 rings (SSSR count). The van der Waals surface area contributed by atoms with Crippen molar-refractivity contribution in [3.63, 3.8) is 0 Å². The second kappa shape index (κ2) is 8.42. The molecule has 0 spiro atoms. The molecule has 2 aromatic rings. The van der Waals surface area contributed by atoms with Crippen LogP contribution < -0.4 is 20.0 Å². The first-order chi connectivity index (χ1) is 14.4. The minimum absolute atomic E-state index is 0.193. The number of aromatic nitrogens is 2. The van der Waals surface area contributed by atoms with Crippen LogP contribution in [0.15, 0.2) is 18.2 Å². The van der Waals surface area contributed by atoms with Crippen LogP contribution in [-0.2, 0) is 9.53 Å². The fraction of sp³-hybridized carbons (Fsp3) is 0.474. The van der Waals surface area contributed by atoms with Crippen molar-refractivity contribution >= 4 is 40.0 Å². The number of amides is 2. The zero-order valence-corrected chi connectivity index (χ0v) is 17.6. The van der Waals surface area contributed by atoms with Crippen LogP contribution >= 0.6 is 11.5 Å². The van der Waals surface area contributed by atoms with E-state index in [0.717, 1.165) is 24.0 Å². The number of anilines is 3. The maximum atomic E-state index is 14.9. The lowest BCUT2D eigenvalue weighted by Crippen LogP contribution is -2.46. The van der Waals surface area contributed by atoms with Gasteiger partial charge in [-0.1, -0.05) is 0 Å². The van der Waals surface area contributed by atoms with Crippen molar-refractivity contribution < 1.29 is 18.7 Å². The van der Waals surface area contributed by atoms with E-state index in [4.69, 9.17) is 4.74 Å². The first-order valence-electron chi connectivity index (χ1n) is 9.73. The van der Waals surface area contributed by atoms with Gasteiger partial charge in [0.15, 0.2) is 0 Å². The van der Waals surface area contributed by atoms with E-state index in [2.05, 4.69) is 19.6 Å². The Kier molecular flexibility index (Phi) is 5.71. The second-order valence-electron chi connectivity index (χ2n) is 7.29. The van der Waals surface area contributed by atoms with Crippen LogP contribution in [-0.4, -0.2) is 66.7 Å². The molecule has 2 aliphatic rings. The van der Waals surface area contributed by atoms with Gasteiger partial charge in [-0.05, 0) is 25.1 Å². The largest absolute Gasteiger partial charge is 0.442 e. The van der Waals surface area contributed by atoms with Gasteiger partial charge in [-0.15, -0.1) is 0 Å². The third-order valence-corrected chi connectivity index (χ3v) is 5.97. The van der Waals surface area contributed by atoms with E-state index in [1.165, 1.54) is 29.4 Å². The van der Waals surface area contributed by atoms with Crippen LogP contribution in [0.5, 0.6) is 0 Å². The summed E-state index contributed by atoms with van der Waals surface area (Å²) in [5, 5.41) is 3.52. The minimum atomic E-state index is -0.543. The van der Waals surface area contributed by atoms with Crippen molar-refractivity contribution in [2.24, 2.45) is 0 Å². The molecule has 9 nitrogen and oxygen atoms in total. The summed E-state index contributed by atoms with van der Waals surface area (Å²) in [6.07, 6.45) is -1.00. The third kappa shape index (κ3) is 4.30. The van der Waals surface area contributed by atoms with Gasteiger partial charge in [-0.25, -0.2) is 14.2 Å². The fourth-order valence-corrected chi connectivity index (χ4v) is 4.30. The standard InChI is InChI=1S/C19H23FN6O3S/c1-12-22-18(30-23-12)25-7-5-24(6-8-25)17-4-3-14(9-16(17)20)26-11-15(29-19(26)28)10-21-13(2)27/h3-4,9,15H,5-8,10-11H2,1-2H3,(H,21,27). The highest BCUT2D eigenvalue weighted by atomic mass is 32.1. The quantitative estimate of drug-likeness (QED) is 0.767. The first-order valence-corrected chi connectivity index (χ1v) is 10.5. The summed E-state index contributed by atoms with van der Waals surface area (Å²) in [6, 6.07) is 4.78. The van der Waals surface area contributed by atoms with Crippen molar-refractivity contribution in [1.29, 1.82) is 0 Å². The number of nitrogens with zero attached hydrogens (tertiary/aromatic N) is 5. The van der Waals surface area contributed by atoms with Gasteiger partial charge in [-0.3, -0.25) is 9.69 Å². The number of hydrogen-bond acceptors (Lipinski definition) is 8. The van der Waals surface area contributed by atoms with Crippen LogP contribution in [0.25, 0.3) is 0 Å². The van der Waals surface area contributed by atoms with E-state index in [1.807, 2.05) is 11.8 Å². The average Bonchev–Trinajstić information content (AvgIpc) is 3.32. The van der Waals surface area contributed by atoms with E-state index in [0.29, 0.717) is 24.5 Å². The Morgan fingerprint density at radius 2 is 2.03 bits per heavy atom. The van der Waals surface area contributed by atoms with E-state index in [1.54, 1.807) is 12.1 Å². The van der Waals surface area contributed by atoms with E-state index in [-0.39, 0.29) is 24.8 Å². The van der Waals surface area contributed by atoms with E-state index < -0.39 is 12.2 Å². The van der Waals surface area contributed by atoms with Gasteiger partial charge in [0.1, 0.15) is 17.7 Å². The van der Waals surface area contributed by atoms with Crippen LogP contribution in [0.1, 0.15) is 12.7 Å². The number of halogens is 1. The van der Waals surface area contributed by atoms with Gasteiger partial charge in [0.2, 0.25) is 11.0 Å². The molecule has 2 fully saturated rings. The highest BCUT2D eigenvalue weighted by Gasteiger charge is 2.33. The summed E-state index contributed by atoms with van der Waals surface area (Å²) in [5.74, 6) is 0.186. The monoisotopic (exact) mass is 434 g/mol. The van der Waals surface area contributed by atoms with Crippen molar-refractivity contribution in [2.75, 3.05) is 54.0 Å². The number of hydrogen-bond donors (Lipinski definition) is 1. The maximum absolute atomic E-state index is 14.9. The number of cyclic esters (lactones) is 1. The zero-order chi connectivity index (χ0) is 21.3. The van der Waals surface area contributed by atoms with Gasteiger partial charge in [0.05, 0.1) is 24.5 Å². The molecule has 2 aliphatic heterocycles. The van der Waals surface area contributed by atoms with Crippen molar-refractivity contribution in [2.45, 2.75) is 20.0 Å². The Morgan fingerprint density at radius 1 is 1.30 bits per heavy atom. The molecule has 2 amide bonds. The van der Waals surface area contributed by atoms with Crippen molar-refractivity contribution in [3.05, 3.63) is 29.8 Å². The molecule has 30 heavy (non-hydrogen) atoms. The lowest BCUT2D eigenvalue weighted by atomic mass is 10.2. The summed E-state index contributed by atoms with van der Waals surface area (Å²) in [5.41, 5.74) is 0.948. The zero-order valence-electron chi connectivity index (χ0n) is 16.8. The molecule has 0 bridgehead atoms. The second-order valence-corrected chi connectivity index (χ2v) is 8.02. The highest BCUT2D eigenvalue weighted by molar-refractivity contribution is 7.09. The lowest BCUT2D eigenvalue weighted by Gasteiger charge is -2.36. The lowest BCUT2D eigenvalue weighted by molar-refractivity contribution is -0.119. The Morgan fingerprint density at radius 3 is 2.67 bits per heavy atom. The van der Waals surface area contributed by atoms with E-state index >= 15 is 0 Å². The number of carbonyl (C=O) groups excluding carboxylic acids is 2. The molecule has 160 valence electrons. The summed E-state index contributed by atoms with van der Waals surface area (Å²) in [6.45, 7) is 6.56. The first kappa shape index (κ1) is 20.3. The molecule has 0 aliphatic carbocycles. The van der Waals surface area contributed by atoms with E-state index in [9.17, 15) is 14.0 Å². The molecule has 1 unspecified atom stereocenters. The molecule has 1 atom stereocenters. The Bertz CT molecular complexity index is 946. The number of nitrogens with one attached hydrogen (secondary N) is 1. The molecule has 3 heterocycles. The van der Waals surface area contributed by atoms with Crippen LogP contribution in [0.3, 0.4) is 0 Å². The highest BCUT2D eigenvalue weighted by Crippen LogP contribution is 2.29. The smallest absolute Gasteiger partial charge is 0.414 e. The van der Waals surface area contributed by atoms with Crippen LogP contribution in [0.4, 0.5) is 25.7 Å². The van der Waals surface area contributed by atoms with Gasteiger partial charge >= 0.3 is 6.09 Å². The van der Waals surface area contributed by atoms with Gasteiger partial charge in [0, 0.05) is 44.6 Å². The number of piperazine rings is 1. The number of benzene rings is 1. The number of carbonyl (C=O) groups is 2. The molecular weight excluding hydrogens is 411 g/mol. The molecule has 1 N–H and O–H groups in total. The third-order valence-electron chi connectivity index (χ3n) is 5.10. The van der Waals surface area contributed by atoms with Crippen LogP contribution in [0, 0.1) is 12.7 Å². The van der Waals surface area contributed by atoms with Gasteiger partial charge < -0.3 is 19.9 Å². The van der Waals surface area contributed by atoms with Crippen molar-refractivity contribution in [3.8, 4) is 0 Å². The summed E-state index contributed by atoms with van der Waals surface area (Å²) in [4.78, 5) is 33.1. The van der Waals surface area contributed by atoms with Gasteiger partial charge in [0.25, 0.3) is 0 Å². The van der Waals surface area contributed by atoms with Crippen LogP contribution in [0.2, 0.25) is 0 Å². The fourth-order valence-electron chi connectivity index (χ4n) is 3.57. The normalized spacial score (nSPS) is 19.2. The maximum Gasteiger partial charge on any atom is 0.414 e. The predicted molar refractivity (Wildman–Crippen MR) is 112 cm³/mol. The number of rotatable bonds is 5. The average molecular weight is 434 g/mol. The predicted octanol–water partition coefficient (Wildman–Crippen LogP) is 1.77. The number of ether oxygens (including phenoxy) is 1. The Labute approximate surface area is 177 Å².